The molecule has 0 unspecified atom stereocenters. The predicted molar refractivity (Wildman–Crippen MR) is 117 cm³/mol. The van der Waals surface area contributed by atoms with Crippen LogP contribution in [0.2, 0.25) is 0 Å². The SMILES string of the molecule is CCOc1ccc([C@H]2C3=C(Nc4nc(SC)[nH]c(=O)c42)c2ccccc2C3=O)cc1. The molecule has 1 aliphatic carbocycles. The molecule has 0 spiro atoms. The summed E-state index contributed by atoms with van der Waals surface area (Å²) in [5.41, 5.74) is 3.85. The second kappa shape index (κ2) is 7.18. The summed E-state index contributed by atoms with van der Waals surface area (Å²) in [6.07, 6.45) is 1.86. The Balaban J connectivity index is 1.74. The van der Waals surface area contributed by atoms with Gasteiger partial charge in [0, 0.05) is 22.6 Å². The summed E-state index contributed by atoms with van der Waals surface area (Å²) in [6.45, 7) is 2.50. The Hall–Kier alpha value is -3.32. The highest BCUT2D eigenvalue weighted by atomic mass is 32.2. The maximum Gasteiger partial charge on any atom is 0.257 e. The summed E-state index contributed by atoms with van der Waals surface area (Å²) in [6, 6.07) is 15.1. The molecular formula is C23H19N3O3S. The van der Waals surface area contributed by atoms with Crippen LogP contribution in [0.15, 0.2) is 64.1 Å². The summed E-state index contributed by atoms with van der Waals surface area (Å²) in [5, 5.41) is 3.81. The number of aromatic amines is 1. The lowest BCUT2D eigenvalue weighted by Crippen LogP contribution is -2.28. The van der Waals surface area contributed by atoms with E-state index in [4.69, 9.17) is 4.74 Å². The fourth-order valence-corrected chi connectivity index (χ4v) is 4.53. The quantitative estimate of drug-likeness (QED) is 0.492. The van der Waals surface area contributed by atoms with E-state index >= 15 is 0 Å². The molecule has 6 nitrogen and oxygen atoms in total. The van der Waals surface area contributed by atoms with Crippen molar-refractivity contribution in [3.05, 3.63) is 86.7 Å². The molecule has 0 radical (unpaired) electrons. The smallest absolute Gasteiger partial charge is 0.257 e. The van der Waals surface area contributed by atoms with E-state index in [9.17, 15) is 9.59 Å². The van der Waals surface area contributed by atoms with Gasteiger partial charge in [0.25, 0.3) is 5.56 Å². The van der Waals surface area contributed by atoms with Gasteiger partial charge in [0.2, 0.25) is 0 Å². The fraction of sp³-hybridized carbons (Fsp3) is 0.174. The Kier molecular flexibility index (Phi) is 4.47. The monoisotopic (exact) mass is 417 g/mol. The molecule has 0 amide bonds. The topological polar surface area (TPSA) is 84.1 Å². The summed E-state index contributed by atoms with van der Waals surface area (Å²) in [7, 11) is 0. The number of rotatable bonds is 4. The molecular weight excluding hydrogens is 398 g/mol. The molecule has 1 aromatic heterocycles. The Morgan fingerprint density at radius 2 is 1.80 bits per heavy atom. The minimum atomic E-state index is -0.515. The molecule has 2 aliphatic rings. The van der Waals surface area contributed by atoms with E-state index in [1.807, 2.05) is 61.7 Å². The summed E-state index contributed by atoms with van der Waals surface area (Å²) >= 11 is 1.37. The van der Waals surface area contributed by atoms with Gasteiger partial charge < -0.3 is 15.0 Å². The number of thioether (sulfide) groups is 1. The predicted octanol–water partition coefficient (Wildman–Crippen LogP) is 4.06. The van der Waals surface area contributed by atoms with Crippen molar-refractivity contribution >= 4 is 29.1 Å². The highest BCUT2D eigenvalue weighted by Gasteiger charge is 2.42. The van der Waals surface area contributed by atoms with Crippen molar-refractivity contribution in [3.8, 4) is 5.75 Å². The zero-order valence-corrected chi connectivity index (χ0v) is 17.3. The molecule has 0 bridgehead atoms. The van der Waals surface area contributed by atoms with Crippen LogP contribution in [0.25, 0.3) is 5.70 Å². The third kappa shape index (κ3) is 2.77. The lowest BCUT2D eigenvalue weighted by molar-refractivity contribution is 0.103. The Bertz CT molecular complexity index is 1260. The third-order valence-corrected chi connectivity index (χ3v) is 6.01. The van der Waals surface area contributed by atoms with E-state index in [0.717, 1.165) is 22.6 Å². The van der Waals surface area contributed by atoms with Crippen LogP contribution in [-0.2, 0) is 0 Å². The van der Waals surface area contributed by atoms with Gasteiger partial charge in [-0.05, 0) is 30.9 Å². The van der Waals surface area contributed by atoms with Gasteiger partial charge in [-0.15, -0.1) is 0 Å². The number of carbonyl (C=O) groups excluding carboxylic acids is 1. The summed E-state index contributed by atoms with van der Waals surface area (Å²) in [5.74, 6) is 0.658. The Morgan fingerprint density at radius 1 is 1.07 bits per heavy atom. The molecule has 150 valence electrons. The number of ether oxygens (including phenoxy) is 1. The van der Waals surface area contributed by atoms with E-state index in [-0.39, 0.29) is 11.3 Å². The van der Waals surface area contributed by atoms with Gasteiger partial charge in [0.15, 0.2) is 10.9 Å². The molecule has 2 aromatic carbocycles. The molecule has 30 heavy (non-hydrogen) atoms. The molecule has 0 fully saturated rings. The van der Waals surface area contributed by atoms with Crippen LogP contribution < -0.4 is 15.6 Å². The number of nitrogens with one attached hydrogen (secondary N) is 2. The number of hydrogen-bond donors (Lipinski definition) is 2. The standard InChI is InChI=1S/C23H19N3O3S/c1-3-29-13-10-8-12(9-11-13)16-17-19(14-6-4-5-7-15(14)20(17)27)24-21-18(16)22(28)26-23(25-21)30-2/h4-11,16H,3H2,1-2H3,(H2,24,25,26,28)/t16-/m0/s1. The summed E-state index contributed by atoms with van der Waals surface area (Å²) < 4.78 is 5.56. The number of allylic oxidation sites excluding steroid dienone is 1. The Labute approximate surface area is 177 Å². The maximum atomic E-state index is 13.4. The number of carbonyl (C=O) groups is 1. The van der Waals surface area contributed by atoms with Gasteiger partial charge in [-0.1, -0.05) is 48.2 Å². The number of ketones is 1. The number of hydrogen-bond acceptors (Lipinski definition) is 6. The van der Waals surface area contributed by atoms with Gasteiger partial charge >= 0.3 is 0 Å². The molecule has 0 saturated carbocycles. The lowest BCUT2D eigenvalue weighted by atomic mass is 9.81. The molecule has 2 N–H and O–H groups in total. The number of aromatic nitrogens is 2. The van der Waals surface area contributed by atoms with Gasteiger partial charge in [-0.2, -0.15) is 0 Å². The highest BCUT2D eigenvalue weighted by molar-refractivity contribution is 7.98. The van der Waals surface area contributed by atoms with Crippen molar-refractivity contribution in [2.75, 3.05) is 18.2 Å². The first-order chi connectivity index (χ1) is 14.6. The number of benzene rings is 2. The third-order valence-electron chi connectivity index (χ3n) is 5.43. The van der Waals surface area contributed by atoms with E-state index in [0.29, 0.717) is 34.3 Å². The van der Waals surface area contributed by atoms with E-state index in [1.165, 1.54) is 11.8 Å². The molecule has 2 heterocycles. The van der Waals surface area contributed by atoms with Crippen LogP contribution in [-0.4, -0.2) is 28.6 Å². The first-order valence-corrected chi connectivity index (χ1v) is 10.9. The number of anilines is 1. The van der Waals surface area contributed by atoms with Crippen molar-refractivity contribution < 1.29 is 9.53 Å². The number of fused-ring (bicyclic) bond motifs is 3. The molecule has 1 aliphatic heterocycles. The van der Waals surface area contributed by atoms with E-state index in [2.05, 4.69) is 15.3 Å². The lowest BCUT2D eigenvalue weighted by Gasteiger charge is -2.27. The summed E-state index contributed by atoms with van der Waals surface area (Å²) in [4.78, 5) is 33.9. The second-order valence-corrected chi connectivity index (χ2v) is 7.86. The molecule has 1 atom stereocenters. The molecule has 0 saturated heterocycles. The fourth-order valence-electron chi connectivity index (χ4n) is 4.15. The van der Waals surface area contributed by atoms with Crippen LogP contribution in [0.4, 0.5) is 5.82 Å². The van der Waals surface area contributed by atoms with E-state index < -0.39 is 5.92 Å². The van der Waals surface area contributed by atoms with Crippen molar-refractivity contribution in [1.82, 2.24) is 9.97 Å². The normalized spacial score (nSPS) is 16.6. The van der Waals surface area contributed by atoms with Crippen LogP contribution in [0.3, 0.4) is 0 Å². The van der Waals surface area contributed by atoms with Crippen LogP contribution in [0, 0.1) is 0 Å². The average Bonchev–Trinajstić information content (AvgIpc) is 3.05. The Morgan fingerprint density at radius 3 is 2.50 bits per heavy atom. The van der Waals surface area contributed by atoms with Gasteiger partial charge in [0.05, 0.1) is 17.9 Å². The van der Waals surface area contributed by atoms with Crippen molar-refractivity contribution in [3.63, 3.8) is 0 Å². The van der Waals surface area contributed by atoms with Gasteiger partial charge in [-0.3, -0.25) is 9.59 Å². The second-order valence-electron chi connectivity index (χ2n) is 7.06. The van der Waals surface area contributed by atoms with Crippen LogP contribution >= 0.6 is 11.8 Å². The molecule has 7 heteroatoms. The van der Waals surface area contributed by atoms with Crippen molar-refractivity contribution in [1.29, 1.82) is 0 Å². The van der Waals surface area contributed by atoms with Gasteiger partial charge in [-0.25, -0.2) is 4.98 Å². The number of H-pyrrole nitrogens is 1. The first-order valence-electron chi connectivity index (χ1n) is 9.68. The van der Waals surface area contributed by atoms with Crippen molar-refractivity contribution in [2.24, 2.45) is 0 Å². The number of nitrogens with zero attached hydrogens (tertiary/aromatic N) is 1. The zero-order chi connectivity index (χ0) is 20.8. The van der Waals surface area contributed by atoms with Crippen LogP contribution in [0.5, 0.6) is 5.75 Å². The van der Waals surface area contributed by atoms with Gasteiger partial charge in [0.1, 0.15) is 11.6 Å². The van der Waals surface area contributed by atoms with Crippen molar-refractivity contribution in [2.45, 2.75) is 18.0 Å². The van der Waals surface area contributed by atoms with Crippen LogP contribution in [0.1, 0.15) is 39.9 Å². The maximum absolute atomic E-state index is 13.4. The highest BCUT2D eigenvalue weighted by Crippen LogP contribution is 2.47. The zero-order valence-electron chi connectivity index (χ0n) is 16.5. The molecule has 3 aromatic rings. The molecule has 5 rings (SSSR count). The minimum Gasteiger partial charge on any atom is -0.494 e. The first kappa shape index (κ1) is 18.7. The largest absolute Gasteiger partial charge is 0.494 e. The van der Waals surface area contributed by atoms with E-state index in [1.54, 1.807) is 0 Å². The number of Topliss-reactive ketones (excluding diaryl/α,β-unsaturated/α-hetero) is 1. The minimum absolute atomic E-state index is 0.0639. The average molecular weight is 417 g/mol.